The van der Waals surface area contributed by atoms with Crippen molar-refractivity contribution in [2.45, 2.75) is 45.6 Å². The van der Waals surface area contributed by atoms with Gasteiger partial charge in [0.25, 0.3) is 0 Å². The second-order valence-electron chi connectivity index (χ2n) is 5.87. The highest BCUT2D eigenvalue weighted by Crippen LogP contribution is 2.23. The molecule has 4 nitrogen and oxygen atoms in total. The molecule has 0 saturated heterocycles. The molecular weight excluding hydrogens is 274 g/mol. The largest absolute Gasteiger partial charge is 0.494 e. The van der Waals surface area contributed by atoms with E-state index in [9.17, 15) is 0 Å². The SMILES string of the molecule is CCCCCCOc1ccc(-c2nc3c([nH]2)CNCC3)cc1. The third kappa shape index (κ3) is 3.69. The van der Waals surface area contributed by atoms with Gasteiger partial charge in [0, 0.05) is 25.1 Å². The molecule has 1 aromatic carbocycles. The Hall–Kier alpha value is -1.81. The van der Waals surface area contributed by atoms with Crippen LogP contribution in [0.4, 0.5) is 0 Å². The lowest BCUT2D eigenvalue weighted by Gasteiger charge is -2.09. The van der Waals surface area contributed by atoms with Gasteiger partial charge in [-0.05, 0) is 30.7 Å². The van der Waals surface area contributed by atoms with Gasteiger partial charge < -0.3 is 15.0 Å². The monoisotopic (exact) mass is 299 g/mol. The Morgan fingerprint density at radius 2 is 2.00 bits per heavy atom. The Balaban J connectivity index is 1.58. The molecule has 0 amide bonds. The van der Waals surface area contributed by atoms with Crippen LogP contribution in [0.3, 0.4) is 0 Å². The van der Waals surface area contributed by atoms with E-state index in [0.717, 1.165) is 49.7 Å². The zero-order valence-corrected chi connectivity index (χ0v) is 13.3. The molecule has 1 aliphatic rings. The van der Waals surface area contributed by atoms with Gasteiger partial charge in [0.05, 0.1) is 18.0 Å². The summed E-state index contributed by atoms with van der Waals surface area (Å²) in [7, 11) is 0. The molecule has 4 heteroatoms. The number of unbranched alkanes of at least 4 members (excludes halogenated alkanes) is 3. The third-order valence-electron chi connectivity index (χ3n) is 4.10. The molecule has 2 N–H and O–H groups in total. The zero-order chi connectivity index (χ0) is 15.2. The average molecular weight is 299 g/mol. The molecule has 0 saturated carbocycles. The predicted octanol–water partition coefficient (Wildman–Crippen LogP) is 3.68. The van der Waals surface area contributed by atoms with Crippen molar-refractivity contribution in [1.29, 1.82) is 0 Å². The van der Waals surface area contributed by atoms with Crippen LogP contribution in [0.25, 0.3) is 11.4 Å². The Morgan fingerprint density at radius 3 is 2.77 bits per heavy atom. The van der Waals surface area contributed by atoms with E-state index in [-0.39, 0.29) is 0 Å². The number of hydrogen-bond donors (Lipinski definition) is 2. The maximum Gasteiger partial charge on any atom is 0.137 e. The zero-order valence-electron chi connectivity index (χ0n) is 13.3. The van der Waals surface area contributed by atoms with E-state index in [1.165, 1.54) is 30.7 Å². The summed E-state index contributed by atoms with van der Waals surface area (Å²) in [5.41, 5.74) is 3.54. The smallest absolute Gasteiger partial charge is 0.137 e. The fourth-order valence-electron chi connectivity index (χ4n) is 2.78. The van der Waals surface area contributed by atoms with Crippen LogP contribution in [-0.2, 0) is 13.0 Å². The fourth-order valence-corrected chi connectivity index (χ4v) is 2.78. The quantitative estimate of drug-likeness (QED) is 0.767. The highest BCUT2D eigenvalue weighted by molar-refractivity contribution is 5.57. The van der Waals surface area contributed by atoms with Gasteiger partial charge in [0.15, 0.2) is 0 Å². The highest BCUT2D eigenvalue weighted by Gasteiger charge is 2.14. The molecule has 0 atom stereocenters. The summed E-state index contributed by atoms with van der Waals surface area (Å²) in [4.78, 5) is 8.13. The molecule has 0 radical (unpaired) electrons. The third-order valence-corrected chi connectivity index (χ3v) is 4.10. The second-order valence-corrected chi connectivity index (χ2v) is 5.87. The molecule has 0 aliphatic carbocycles. The fraction of sp³-hybridized carbons (Fsp3) is 0.500. The van der Waals surface area contributed by atoms with E-state index in [1.54, 1.807) is 0 Å². The molecule has 0 bridgehead atoms. The normalized spacial score (nSPS) is 13.9. The van der Waals surface area contributed by atoms with E-state index in [0.29, 0.717) is 0 Å². The standard InChI is InChI=1S/C18H25N3O/c1-2-3-4-5-12-22-15-8-6-14(7-9-15)18-20-16-10-11-19-13-17(16)21-18/h6-9,19H,2-5,10-13H2,1H3,(H,20,21). The number of fused-ring (bicyclic) bond motifs is 1. The number of nitrogens with zero attached hydrogens (tertiary/aromatic N) is 1. The number of imidazole rings is 1. The Morgan fingerprint density at radius 1 is 1.14 bits per heavy atom. The summed E-state index contributed by atoms with van der Waals surface area (Å²) in [6.45, 7) is 4.94. The van der Waals surface area contributed by atoms with E-state index in [1.807, 2.05) is 12.1 Å². The van der Waals surface area contributed by atoms with Gasteiger partial charge in [-0.2, -0.15) is 0 Å². The van der Waals surface area contributed by atoms with Crippen LogP contribution in [0.2, 0.25) is 0 Å². The van der Waals surface area contributed by atoms with E-state index >= 15 is 0 Å². The van der Waals surface area contributed by atoms with Crippen molar-refractivity contribution in [1.82, 2.24) is 15.3 Å². The summed E-state index contributed by atoms with van der Waals surface area (Å²) in [6, 6.07) is 8.24. The van der Waals surface area contributed by atoms with Crippen molar-refractivity contribution in [3.05, 3.63) is 35.7 Å². The minimum Gasteiger partial charge on any atom is -0.494 e. The summed E-state index contributed by atoms with van der Waals surface area (Å²) in [5, 5.41) is 3.36. The van der Waals surface area contributed by atoms with Gasteiger partial charge in [0.2, 0.25) is 0 Å². The molecular formula is C18H25N3O. The maximum atomic E-state index is 5.78. The number of H-pyrrole nitrogens is 1. The van der Waals surface area contributed by atoms with Crippen LogP contribution < -0.4 is 10.1 Å². The molecule has 0 unspecified atom stereocenters. The van der Waals surface area contributed by atoms with E-state index < -0.39 is 0 Å². The number of benzene rings is 1. The summed E-state index contributed by atoms with van der Waals surface area (Å²) in [6.07, 6.45) is 5.94. The average Bonchev–Trinajstić information content (AvgIpc) is 2.99. The summed E-state index contributed by atoms with van der Waals surface area (Å²) >= 11 is 0. The van der Waals surface area contributed by atoms with Crippen LogP contribution in [0.1, 0.15) is 44.0 Å². The van der Waals surface area contributed by atoms with Crippen LogP contribution in [0.15, 0.2) is 24.3 Å². The molecule has 2 aromatic rings. The second kappa shape index (κ2) is 7.45. The van der Waals surface area contributed by atoms with Crippen molar-refractivity contribution >= 4 is 0 Å². The molecule has 2 heterocycles. The molecule has 1 aromatic heterocycles. The first-order valence-electron chi connectivity index (χ1n) is 8.38. The predicted molar refractivity (Wildman–Crippen MR) is 89.1 cm³/mol. The molecule has 1 aliphatic heterocycles. The van der Waals surface area contributed by atoms with E-state index in [2.05, 4.69) is 29.4 Å². The lowest BCUT2D eigenvalue weighted by molar-refractivity contribution is 0.305. The van der Waals surface area contributed by atoms with Crippen LogP contribution in [0, 0.1) is 0 Å². The molecule has 22 heavy (non-hydrogen) atoms. The van der Waals surface area contributed by atoms with Crippen LogP contribution in [0.5, 0.6) is 5.75 Å². The highest BCUT2D eigenvalue weighted by atomic mass is 16.5. The Labute approximate surface area is 132 Å². The van der Waals surface area contributed by atoms with Gasteiger partial charge in [0.1, 0.15) is 11.6 Å². The van der Waals surface area contributed by atoms with Crippen molar-refractivity contribution < 1.29 is 4.74 Å². The van der Waals surface area contributed by atoms with Gasteiger partial charge in [-0.1, -0.05) is 26.2 Å². The number of aromatic nitrogens is 2. The first-order valence-corrected chi connectivity index (χ1v) is 8.38. The van der Waals surface area contributed by atoms with Gasteiger partial charge in [-0.3, -0.25) is 0 Å². The number of aromatic amines is 1. The van der Waals surface area contributed by atoms with Crippen LogP contribution in [-0.4, -0.2) is 23.1 Å². The van der Waals surface area contributed by atoms with Crippen molar-refractivity contribution in [2.75, 3.05) is 13.2 Å². The maximum absolute atomic E-state index is 5.78. The minimum atomic E-state index is 0.806. The van der Waals surface area contributed by atoms with Gasteiger partial charge in [-0.25, -0.2) is 4.98 Å². The van der Waals surface area contributed by atoms with Crippen LogP contribution >= 0.6 is 0 Å². The number of hydrogen-bond acceptors (Lipinski definition) is 3. The number of ether oxygens (including phenoxy) is 1. The molecule has 0 spiro atoms. The first-order chi connectivity index (χ1) is 10.9. The minimum absolute atomic E-state index is 0.806. The van der Waals surface area contributed by atoms with Crippen molar-refractivity contribution in [3.63, 3.8) is 0 Å². The summed E-state index contributed by atoms with van der Waals surface area (Å²) in [5.74, 6) is 1.90. The molecule has 3 rings (SSSR count). The van der Waals surface area contributed by atoms with E-state index in [4.69, 9.17) is 9.72 Å². The summed E-state index contributed by atoms with van der Waals surface area (Å²) < 4.78 is 5.78. The lowest BCUT2D eigenvalue weighted by atomic mass is 10.2. The van der Waals surface area contributed by atoms with Gasteiger partial charge >= 0.3 is 0 Å². The lowest BCUT2D eigenvalue weighted by Crippen LogP contribution is -2.23. The topological polar surface area (TPSA) is 49.9 Å². The van der Waals surface area contributed by atoms with Crippen molar-refractivity contribution in [3.8, 4) is 17.1 Å². The Bertz CT molecular complexity index is 565. The first kappa shape index (κ1) is 15.1. The van der Waals surface area contributed by atoms with Gasteiger partial charge in [-0.15, -0.1) is 0 Å². The Kier molecular flexibility index (Phi) is 5.11. The number of rotatable bonds is 7. The molecule has 118 valence electrons. The number of nitrogens with one attached hydrogen (secondary N) is 2. The van der Waals surface area contributed by atoms with Crippen molar-refractivity contribution in [2.24, 2.45) is 0 Å². The molecule has 0 fully saturated rings.